The van der Waals surface area contributed by atoms with Crippen LogP contribution in [-0.2, 0) is 4.79 Å². The van der Waals surface area contributed by atoms with Gasteiger partial charge in [-0.15, -0.1) is 0 Å². The number of aromatic hydroxyl groups is 1. The van der Waals surface area contributed by atoms with E-state index < -0.39 is 0 Å². The van der Waals surface area contributed by atoms with Crippen molar-refractivity contribution in [1.29, 1.82) is 0 Å². The molecular formula is C19H21NO4. The van der Waals surface area contributed by atoms with Gasteiger partial charge in [0.15, 0.2) is 0 Å². The number of carbonyl (C=O) groups is 1. The first-order valence-corrected chi connectivity index (χ1v) is 7.94. The summed E-state index contributed by atoms with van der Waals surface area (Å²) in [7, 11) is 4.00. The Morgan fingerprint density at radius 3 is 2.88 bits per heavy atom. The highest BCUT2D eigenvalue weighted by molar-refractivity contribution is 5.78. The molecule has 126 valence electrons. The van der Waals surface area contributed by atoms with Gasteiger partial charge in [-0.25, -0.2) is 0 Å². The van der Waals surface area contributed by atoms with E-state index in [9.17, 15) is 9.90 Å². The van der Waals surface area contributed by atoms with Crippen LogP contribution in [0.4, 0.5) is 0 Å². The molecule has 0 fully saturated rings. The molecule has 1 aliphatic heterocycles. The summed E-state index contributed by atoms with van der Waals surface area (Å²) in [6.07, 6.45) is 0.277. The van der Waals surface area contributed by atoms with E-state index >= 15 is 0 Å². The lowest BCUT2D eigenvalue weighted by atomic mass is 9.86. The molecular weight excluding hydrogens is 306 g/mol. The van der Waals surface area contributed by atoms with Gasteiger partial charge >= 0.3 is 5.97 Å². The average Bonchev–Trinajstić information content (AvgIpc) is 2.53. The van der Waals surface area contributed by atoms with Crippen LogP contribution in [-0.4, -0.2) is 43.2 Å². The fourth-order valence-corrected chi connectivity index (χ4v) is 2.80. The molecule has 0 bridgehead atoms. The number of hydrogen-bond acceptors (Lipinski definition) is 5. The summed E-state index contributed by atoms with van der Waals surface area (Å²) in [5.41, 5.74) is 1.90. The lowest BCUT2D eigenvalue weighted by molar-refractivity contribution is -0.135. The molecule has 5 heteroatoms. The highest BCUT2D eigenvalue weighted by atomic mass is 16.5. The molecule has 0 spiro atoms. The van der Waals surface area contributed by atoms with Crippen LogP contribution >= 0.6 is 0 Å². The van der Waals surface area contributed by atoms with Crippen LogP contribution in [0.5, 0.6) is 17.2 Å². The van der Waals surface area contributed by atoms with E-state index in [0.717, 1.165) is 23.4 Å². The number of esters is 1. The molecule has 2 aromatic carbocycles. The first kappa shape index (κ1) is 16.3. The number of benzene rings is 2. The number of phenolic OH excluding ortho intramolecular Hbond substituents is 1. The maximum Gasteiger partial charge on any atom is 0.312 e. The van der Waals surface area contributed by atoms with E-state index in [1.54, 1.807) is 12.1 Å². The standard InChI is InChI=1S/C19H21NO4/c1-20(2)8-9-23-15-5-3-4-13(10-15)17-12-19(22)24-18-11-14(21)6-7-16(17)18/h3-7,10-11,17,21H,8-9,12H2,1-2H3. The minimum atomic E-state index is -0.294. The van der Waals surface area contributed by atoms with Crippen molar-refractivity contribution in [1.82, 2.24) is 4.90 Å². The second-order valence-corrected chi connectivity index (χ2v) is 6.18. The minimum Gasteiger partial charge on any atom is -0.508 e. The molecule has 0 aromatic heterocycles. The van der Waals surface area contributed by atoms with Crippen molar-refractivity contribution < 1.29 is 19.4 Å². The molecule has 1 atom stereocenters. The van der Waals surface area contributed by atoms with Crippen LogP contribution in [0.15, 0.2) is 42.5 Å². The number of fused-ring (bicyclic) bond motifs is 1. The Hall–Kier alpha value is -2.53. The predicted molar refractivity (Wildman–Crippen MR) is 90.7 cm³/mol. The van der Waals surface area contributed by atoms with Crippen molar-refractivity contribution in [2.75, 3.05) is 27.2 Å². The summed E-state index contributed by atoms with van der Waals surface area (Å²) in [6, 6.07) is 12.7. The third kappa shape index (κ3) is 3.68. The molecule has 3 rings (SSSR count). The number of hydrogen-bond donors (Lipinski definition) is 1. The monoisotopic (exact) mass is 327 g/mol. The maximum absolute atomic E-state index is 11.9. The number of ether oxygens (including phenoxy) is 2. The Morgan fingerprint density at radius 1 is 1.25 bits per heavy atom. The Labute approximate surface area is 141 Å². The molecule has 0 amide bonds. The van der Waals surface area contributed by atoms with E-state index in [-0.39, 0.29) is 24.1 Å². The van der Waals surface area contributed by atoms with Gasteiger partial charge in [0, 0.05) is 24.1 Å². The predicted octanol–water partition coefficient (Wildman–Crippen LogP) is 2.77. The van der Waals surface area contributed by atoms with Crippen LogP contribution in [0, 0.1) is 0 Å². The number of phenols is 1. The molecule has 24 heavy (non-hydrogen) atoms. The first-order chi connectivity index (χ1) is 11.5. The van der Waals surface area contributed by atoms with Crippen LogP contribution in [0.2, 0.25) is 0 Å². The SMILES string of the molecule is CN(C)CCOc1cccc(C2CC(=O)Oc3cc(O)ccc32)c1. The number of rotatable bonds is 5. The molecule has 1 aliphatic rings. The van der Waals surface area contributed by atoms with Crippen LogP contribution in [0.25, 0.3) is 0 Å². The highest BCUT2D eigenvalue weighted by Crippen LogP contribution is 2.40. The molecule has 1 unspecified atom stereocenters. The second kappa shape index (κ2) is 6.93. The van der Waals surface area contributed by atoms with Gasteiger partial charge in [0.2, 0.25) is 0 Å². The Morgan fingerprint density at radius 2 is 2.08 bits per heavy atom. The van der Waals surface area contributed by atoms with E-state index in [4.69, 9.17) is 9.47 Å². The summed E-state index contributed by atoms with van der Waals surface area (Å²) < 4.78 is 11.0. The molecule has 0 saturated heterocycles. The third-order valence-corrected chi connectivity index (χ3v) is 4.03. The van der Waals surface area contributed by atoms with Gasteiger partial charge in [-0.05, 0) is 37.9 Å². The van der Waals surface area contributed by atoms with E-state index in [1.165, 1.54) is 6.07 Å². The van der Waals surface area contributed by atoms with Crippen molar-refractivity contribution in [2.24, 2.45) is 0 Å². The Bertz CT molecular complexity index is 742. The van der Waals surface area contributed by atoms with Crippen molar-refractivity contribution in [3.05, 3.63) is 53.6 Å². The fourth-order valence-electron chi connectivity index (χ4n) is 2.80. The summed E-state index contributed by atoms with van der Waals surface area (Å²) >= 11 is 0. The Balaban J connectivity index is 1.85. The molecule has 2 aromatic rings. The fraction of sp³-hybridized carbons (Fsp3) is 0.316. The van der Waals surface area contributed by atoms with Gasteiger partial charge < -0.3 is 19.5 Å². The van der Waals surface area contributed by atoms with Crippen molar-refractivity contribution in [3.63, 3.8) is 0 Å². The van der Waals surface area contributed by atoms with Crippen LogP contribution in [0.3, 0.4) is 0 Å². The highest BCUT2D eigenvalue weighted by Gasteiger charge is 2.28. The molecule has 1 N–H and O–H groups in total. The van der Waals surface area contributed by atoms with Crippen LogP contribution < -0.4 is 9.47 Å². The summed E-state index contributed by atoms with van der Waals surface area (Å²) in [5.74, 6) is 0.906. The van der Waals surface area contributed by atoms with Gasteiger partial charge in [0.05, 0.1) is 6.42 Å². The van der Waals surface area contributed by atoms with Crippen LogP contribution in [0.1, 0.15) is 23.5 Å². The van der Waals surface area contributed by atoms with Crippen molar-refractivity contribution in [2.45, 2.75) is 12.3 Å². The summed E-state index contributed by atoms with van der Waals surface area (Å²) in [5, 5.41) is 9.60. The summed E-state index contributed by atoms with van der Waals surface area (Å²) in [6.45, 7) is 1.44. The zero-order valence-electron chi connectivity index (χ0n) is 13.9. The van der Waals surface area contributed by atoms with Crippen molar-refractivity contribution >= 4 is 5.97 Å². The second-order valence-electron chi connectivity index (χ2n) is 6.18. The van der Waals surface area contributed by atoms with E-state index in [2.05, 4.69) is 4.90 Å². The lowest BCUT2D eigenvalue weighted by Gasteiger charge is -2.25. The minimum absolute atomic E-state index is 0.0861. The quantitative estimate of drug-likeness (QED) is 0.676. The van der Waals surface area contributed by atoms with Gasteiger partial charge in [0.25, 0.3) is 0 Å². The van der Waals surface area contributed by atoms with Gasteiger partial charge in [-0.1, -0.05) is 18.2 Å². The van der Waals surface area contributed by atoms with Gasteiger partial charge in [-0.2, -0.15) is 0 Å². The number of nitrogens with zero attached hydrogens (tertiary/aromatic N) is 1. The number of likely N-dealkylation sites (N-methyl/N-ethyl adjacent to an activating group) is 1. The lowest BCUT2D eigenvalue weighted by Crippen LogP contribution is -2.21. The summed E-state index contributed by atoms with van der Waals surface area (Å²) in [4.78, 5) is 14.0. The molecule has 0 aliphatic carbocycles. The zero-order valence-corrected chi connectivity index (χ0v) is 13.9. The topological polar surface area (TPSA) is 59.0 Å². The number of carbonyl (C=O) groups excluding carboxylic acids is 1. The molecule has 0 radical (unpaired) electrons. The van der Waals surface area contributed by atoms with Crippen molar-refractivity contribution in [3.8, 4) is 17.2 Å². The largest absolute Gasteiger partial charge is 0.508 e. The average molecular weight is 327 g/mol. The maximum atomic E-state index is 11.9. The van der Waals surface area contributed by atoms with E-state index in [1.807, 2.05) is 38.4 Å². The molecule has 5 nitrogen and oxygen atoms in total. The third-order valence-electron chi connectivity index (χ3n) is 4.03. The van der Waals surface area contributed by atoms with Gasteiger partial charge in [0.1, 0.15) is 23.9 Å². The molecule has 0 saturated carbocycles. The van der Waals surface area contributed by atoms with E-state index in [0.29, 0.717) is 12.4 Å². The smallest absolute Gasteiger partial charge is 0.312 e. The zero-order chi connectivity index (χ0) is 17.1. The first-order valence-electron chi connectivity index (χ1n) is 7.94. The Kier molecular flexibility index (Phi) is 4.71. The normalized spacial score (nSPS) is 16.6. The van der Waals surface area contributed by atoms with Gasteiger partial charge in [-0.3, -0.25) is 4.79 Å². The molecule has 1 heterocycles.